The van der Waals surface area contributed by atoms with E-state index in [-0.39, 0.29) is 28.9 Å². The molecule has 0 saturated carbocycles. The van der Waals surface area contributed by atoms with Crippen molar-refractivity contribution in [2.75, 3.05) is 26.2 Å². The molecule has 0 aliphatic carbocycles. The number of aromatic hydroxyl groups is 2. The van der Waals surface area contributed by atoms with Crippen molar-refractivity contribution in [3.05, 3.63) is 78.1 Å². The predicted octanol–water partition coefficient (Wildman–Crippen LogP) is 2.49. The smallest absolute Gasteiger partial charge is 0.254 e. The van der Waals surface area contributed by atoms with E-state index in [9.17, 15) is 19.8 Å². The summed E-state index contributed by atoms with van der Waals surface area (Å²) in [6, 6.07) is 15.1. The quantitative estimate of drug-likeness (QED) is 0.718. The van der Waals surface area contributed by atoms with Crippen molar-refractivity contribution in [2.24, 2.45) is 0 Å². The third-order valence-electron chi connectivity index (χ3n) is 5.02. The van der Waals surface area contributed by atoms with Gasteiger partial charge in [-0.2, -0.15) is 0 Å². The highest BCUT2D eigenvalue weighted by Gasteiger charge is 2.26. The Labute approximate surface area is 168 Å². The Balaban J connectivity index is 1.39. The van der Waals surface area contributed by atoms with Crippen molar-refractivity contribution in [3.8, 4) is 17.2 Å². The summed E-state index contributed by atoms with van der Waals surface area (Å²) in [6.45, 7) is 1.63. The molecule has 2 N–H and O–H groups in total. The second-order valence-electron chi connectivity index (χ2n) is 6.96. The van der Waals surface area contributed by atoms with Gasteiger partial charge in [0.05, 0.1) is 0 Å². The summed E-state index contributed by atoms with van der Waals surface area (Å²) in [5.74, 6) is -0.665. The molecular formula is C22H21N3O4. The monoisotopic (exact) mass is 391 g/mol. The summed E-state index contributed by atoms with van der Waals surface area (Å²) >= 11 is 0. The highest BCUT2D eigenvalue weighted by molar-refractivity contribution is 5.96. The molecule has 2 heterocycles. The third-order valence-corrected chi connectivity index (χ3v) is 5.02. The number of hydrogen-bond acceptors (Lipinski definition) is 4. The van der Waals surface area contributed by atoms with Crippen LogP contribution in [-0.4, -0.2) is 62.6 Å². The van der Waals surface area contributed by atoms with E-state index in [1.165, 1.54) is 18.2 Å². The first-order valence-electron chi connectivity index (χ1n) is 9.36. The van der Waals surface area contributed by atoms with Gasteiger partial charge in [0.1, 0.15) is 11.5 Å². The van der Waals surface area contributed by atoms with Gasteiger partial charge in [-0.15, -0.1) is 0 Å². The fraction of sp³-hybridized carbons (Fsp3) is 0.182. The van der Waals surface area contributed by atoms with Crippen molar-refractivity contribution < 1.29 is 19.8 Å². The van der Waals surface area contributed by atoms with Crippen LogP contribution in [0.1, 0.15) is 20.7 Å². The lowest BCUT2D eigenvalue weighted by Gasteiger charge is -2.35. The summed E-state index contributed by atoms with van der Waals surface area (Å²) in [5.41, 5.74) is 1.82. The first-order valence-corrected chi connectivity index (χ1v) is 9.36. The topological polar surface area (TPSA) is 86.0 Å². The minimum absolute atomic E-state index is 0.0637. The summed E-state index contributed by atoms with van der Waals surface area (Å²) in [5, 5.41) is 19.2. The molecule has 29 heavy (non-hydrogen) atoms. The largest absolute Gasteiger partial charge is 0.508 e. The van der Waals surface area contributed by atoms with Gasteiger partial charge in [0.15, 0.2) is 0 Å². The van der Waals surface area contributed by atoms with E-state index in [2.05, 4.69) is 0 Å². The number of piperazine rings is 1. The number of hydrogen-bond donors (Lipinski definition) is 2. The van der Waals surface area contributed by atoms with Crippen molar-refractivity contribution >= 4 is 11.8 Å². The predicted molar refractivity (Wildman–Crippen MR) is 107 cm³/mol. The zero-order chi connectivity index (χ0) is 20.4. The van der Waals surface area contributed by atoms with E-state index in [1.54, 1.807) is 9.80 Å². The lowest BCUT2D eigenvalue weighted by Crippen LogP contribution is -2.50. The summed E-state index contributed by atoms with van der Waals surface area (Å²) in [6.07, 6.45) is 3.89. The normalized spacial score (nSPS) is 14.1. The number of phenols is 2. The van der Waals surface area contributed by atoms with Crippen LogP contribution in [0.25, 0.3) is 5.69 Å². The van der Waals surface area contributed by atoms with Gasteiger partial charge in [0, 0.05) is 61.5 Å². The standard InChI is InChI=1S/C22H21N3O4/c26-19-13-17(14-20(27)15-19)22(29)25-11-9-24(10-12-25)21(28)16-3-5-18(6-4-16)23-7-1-2-8-23/h1-8,13-15,26-27H,9-12H2. The molecule has 1 aliphatic rings. The maximum atomic E-state index is 12.8. The van der Waals surface area contributed by atoms with Crippen LogP contribution in [0, 0.1) is 0 Å². The van der Waals surface area contributed by atoms with Crippen LogP contribution in [0.15, 0.2) is 67.0 Å². The first kappa shape index (κ1) is 18.6. The van der Waals surface area contributed by atoms with E-state index >= 15 is 0 Å². The molecule has 3 aromatic rings. The molecule has 0 atom stereocenters. The van der Waals surface area contributed by atoms with Crippen LogP contribution >= 0.6 is 0 Å². The van der Waals surface area contributed by atoms with Gasteiger partial charge in [0.25, 0.3) is 11.8 Å². The van der Waals surface area contributed by atoms with Crippen LogP contribution in [0.2, 0.25) is 0 Å². The van der Waals surface area contributed by atoms with E-state index in [0.29, 0.717) is 31.7 Å². The zero-order valence-electron chi connectivity index (χ0n) is 15.7. The number of nitrogens with zero attached hydrogens (tertiary/aromatic N) is 3. The molecule has 1 saturated heterocycles. The lowest BCUT2D eigenvalue weighted by atomic mass is 10.1. The summed E-state index contributed by atoms with van der Waals surface area (Å²) < 4.78 is 1.97. The van der Waals surface area contributed by atoms with Gasteiger partial charge in [-0.25, -0.2) is 0 Å². The van der Waals surface area contributed by atoms with Crippen LogP contribution in [0.3, 0.4) is 0 Å². The Bertz CT molecular complexity index is 1000. The van der Waals surface area contributed by atoms with Gasteiger partial charge in [0.2, 0.25) is 0 Å². The average molecular weight is 391 g/mol. The number of benzene rings is 2. The van der Waals surface area contributed by atoms with E-state index < -0.39 is 0 Å². The molecule has 1 fully saturated rings. The molecule has 4 rings (SSSR count). The minimum Gasteiger partial charge on any atom is -0.508 e. The Morgan fingerprint density at radius 2 is 1.17 bits per heavy atom. The lowest BCUT2D eigenvalue weighted by molar-refractivity contribution is 0.0535. The minimum atomic E-state index is -0.278. The fourth-order valence-corrected chi connectivity index (χ4v) is 3.48. The Morgan fingerprint density at radius 3 is 1.69 bits per heavy atom. The Morgan fingerprint density at radius 1 is 0.690 bits per heavy atom. The number of aromatic nitrogens is 1. The number of phenolic OH excluding ortho intramolecular Hbond substituents is 2. The van der Waals surface area contributed by atoms with E-state index in [1.807, 2.05) is 53.4 Å². The molecule has 1 aliphatic heterocycles. The SMILES string of the molecule is O=C(c1ccc(-n2cccc2)cc1)N1CCN(C(=O)c2cc(O)cc(O)c2)CC1. The molecule has 7 heteroatoms. The highest BCUT2D eigenvalue weighted by Crippen LogP contribution is 2.22. The van der Waals surface area contributed by atoms with E-state index in [4.69, 9.17) is 0 Å². The van der Waals surface area contributed by atoms with Crippen LogP contribution in [-0.2, 0) is 0 Å². The molecule has 2 amide bonds. The third kappa shape index (κ3) is 3.94. The van der Waals surface area contributed by atoms with Gasteiger partial charge in [-0.05, 0) is 48.5 Å². The van der Waals surface area contributed by atoms with Gasteiger partial charge < -0.3 is 24.6 Å². The molecule has 7 nitrogen and oxygen atoms in total. The average Bonchev–Trinajstić information content (AvgIpc) is 3.27. The molecule has 0 bridgehead atoms. The van der Waals surface area contributed by atoms with Crippen molar-refractivity contribution in [3.63, 3.8) is 0 Å². The second kappa shape index (κ2) is 7.71. The first-order chi connectivity index (χ1) is 14.0. The molecule has 0 unspecified atom stereocenters. The van der Waals surface area contributed by atoms with Crippen molar-refractivity contribution in [2.45, 2.75) is 0 Å². The zero-order valence-corrected chi connectivity index (χ0v) is 15.7. The molecule has 1 aromatic heterocycles. The van der Waals surface area contributed by atoms with Crippen LogP contribution in [0.4, 0.5) is 0 Å². The number of carbonyl (C=O) groups is 2. The van der Waals surface area contributed by atoms with Crippen LogP contribution in [0.5, 0.6) is 11.5 Å². The molecule has 0 spiro atoms. The molecule has 2 aromatic carbocycles. The number of amides is 2. The maximum Gasteiger partial charge on any atom is 0.254 e. The second-order valence-corrected chi connectivity index (χ2v) is 6.96. The maximum absolute atomic E-state index is 12.8. The Hall–Kier alpha value is -3.74. The number of rotatable bonds is 3. The Kier molecular flexibility index (Phi) is 4.95. The molecule has 0 radical (unpaired) electrons. The van der Waals surface area contributed by atoms with Crippen molar-refractivity contribution in [1.82, 2.24) is 14.4 Å². The molecular weight excluding hydrogens is 370 g/mol. The van der Waals surface area contributed by atoms with E-state index in [0.717, 1.165) is 5.69 Å². The molecule has 148 valence electrons. The van der Waals surface area contributed by atoms with Crippen LogP contribution < -0.4 is 0 Å². The van der Waals surface area contributed by atoms with Crippen molar-refractivity contribution in [1.29, 1.82) is 0 Å². The number of carbonyl (C=O) groups excluding carboxylic acids is 2. The summed E-state index contributed by atoms with van der Waals surface area (Å²) in [7, 11) is 0. The summed E-state index contributed by atoms with van der Waals surface area (Å²) in [4.78, 5) is 28.7. The van der Waals surface area contributed by atoms with Gasteiger partial charge >= 0.3 is 0 Å². The highest BCUT2D eigenvalue weighted by atomic mass is 16.3. The van der Waals surface area contributed by atoms with Gasteiger partial charge in [-0.3, -0.25) is 9.59 Å². The fourth-order valence-electron chi connectivity index (χ4n) is 3.48. The van der Waals surface area contributed by atoms with Gasteiger partial charge in [-0.1, -0.05) is 0 Å².